The van der Waals surface area contributed by atoms with Crippen LogP contribution < -0.4 is 0 Å². The molecule has 2 fully saturated rings. The molecule has 1 saturated carbocycles. The van der Waals surface area contributed by atoms with Gasteiger partial charge in [-0.05, 0) is 5.92 Å². The maximum atomic E-state index is 2.41. The van der Waals surface area contributed by atoms with Gasteiger partial charge in [0.2, 0.25) is 0 Å². The molecule has 0 bridgehead atoms. The van der Waals surface area contributed by atoms with Gasteiger partial charge in [-0.15, -0.1) is 0 Å². The van der Waals surface area contributed by atoms with Crippen LogP contribution in [-0.2, 0) is 0 Å². The normalized spacial score (nSPS) is 50.2. The van der Waals surface area contributed by atoms with E-state index in [1.807, 2.05) is 0 Å². The first-order valence-electron chi connectivity index (χ1n) is 3.84. The maximum absolute atomic E-state index is 2.41. The molecule has 1 saturated heterocycles. The van der Waals surface area contributed by atoms with Crippen molar-refractivity contribution >= 4 is 6.71 Å². The van der Waals surface area contributed by atoms with Crippen molar-refractivity contribution in [1.29, 1.82) is 0 Å². The Balaban J connectivity index is 1.93. The summed E-state index contributed by atoms with van der Waals surface area (Å²) in [5.41, 5.74) is 0. The largest absolute Gasteiger partial charge is 0.142 e. The first kappa shape index (κ1) is 4.90. The lowest BCUT2D eigenvalue weighted by Gasteiger charge is -2.23. The van der Waals surface area contributed by atoms with Crippen molar-refractivity contribution in [2.45, 2.75) is 38.2 Å². The Bertz CT molecular complexity index is 107. The maximum Gasteiger partial charge on any atom is 0.142 e. The van der Waals surface area contributed by atoms with Gasteiger partial charge in [-0.2, -0.15) is 0 Å². The van der Waals surface area contributed by atoms with E-state index in [1.54, 1.807) is 6.42 Å². The van der Waals surface area contributed by atoms with Crippen LogP contribution in [-0.4, -0.2) is 6.71 Å². The minimum atomic E-state index is 1.11. The quantitative estimate of drug-likeness (QED) is 0.452. The van der Waals surface area contributed by atoms with Gasteiger partial charge in [-0.25, -0.2) is 0 Å². The van der Waals surface area contributed by atoms with Gasteiger partial charge in [0.15, 0.2) is 0 Å². The Morgan fingerprint density at radius 1 is 1.62 bits per heavy atom. The lowest BCUT2D eigenvalue weighted by Crippen LogP contribution is -2.06. The Hall–Kier alpha value is 0.0649. The van der Waals surface area contributed by atoms with Crippen LogP contribution in [0.2, 0.25) is 18.5 Å². The molecule has 0 amide bonds. The highest BCUT2D eigenvalue weighted by atomic mass is 14.5. The van der Waals surface area contributed by atoms with E-state index < -0.39 is 0 Å². The van der Waals surface area contributed by atoms with Crippen molar-refractivity contribution in [1.82, 2.24) is 0 Å². The van der Waals surface area contributed by atoms with Gasteiger partial charge >= 0.3 is 0 Å². The zero-order valence-corrected chi connectivity index (χ0v) is 5.72. The van der Waals surface area contributed by atoms with Crippen LogP contribution in [0.3, 0.4) is 0 Å². The molecule has 3 unspecified atom stereocenters. The number of hydrogen-bond acceptors (Lipinski definition) is 0. The SMILES string of the molecule is CCC1CC2B(C)C12. The minimum Gasteiger partial charge on any atom is -0.0857 e. The summed E-state index contributed by atoms with van der Waals surface area (Å²) < 4.78 is 0. The number of rotatable bonds is 1. The number of hydrogen-bond donors (Lipinski definition) is 0. The molecule has 0 spiro atoms. The Morgan fingerprint density at radius 3 is 2.50 bits per heavy atom. The molecule has 1 aliphatic heterocycles. The fourth-order valence-corrected chi connectivity index (χ4v) is 2.48. The van der Waals surface area contributed by atoms with Crippen LogP contribution in [0.25, 0.3) is 0 Å². The highest BCUT2D eigenvalue weighted by Crippen LogP contribution is 2.69. The van der Waals surface area contributed by atoms with E-state index in [-0.39, 0.29) is 0 Å². The van der Waals surface area contributed by atoms with Crippen LogP contribution in [0.5, 0.6) is 0 Å². The Labute approximate surface area is 51.7 Å². The molecule has 0 nitrogen and oxygen atoms in total. The first-order chi connectivity index (χ1) is 3.84. The molecule has 0 aromatic carbocycles. The van der Waals surface area contributed by atoms with E-state index in [0.717, 1.165) is 12.6 Å². The zero-order valence-electron chi connectivity index (χ0n) is 5.72. The van der Waals surface area contributed by atoms with Crippen LogP contribution in [0.4, 0.5) is 0 Å². The third-order valence-corrected chi connectivity index (χ3v) is 3.28. The van der Waals surface area contributed by atoms with E-state index in [9.17, 15) is 0 Å². The summed E-state index contributed by atoms with van der Waals surface area (Å²) in [5.74, 6) is 3.50. The molecule has 0 aromatic heterocycles. The van der Waals surface area contributed by atoms with Crippen LogP contribution in [0, 0.1) is 5.92 Å². The summed E-state index contributed by atoms with van der Waals surface area (Å²) >= 11 is 0. The molecule has 3 atom stereocenters. The van der Waals surface area contributed by atoms with E-state index >= 15 is 0 Å². The highest BCUT2D eigenvalue weighted by molar-refractivity contribution is 6.74. The molecule has 0 radical (unpaired) electrons. The third-order valence-electron chi connectivity index (χ3n) is 3.28. The van der Waals surface area contributed by atoms with Gasteiger partial charge < -0.3 is 0 Å². The lowest BCUT2D eigenvalue weighted by atomic mass is 9.70. The van der Waals surface area contributed by atoms with Crippen molar-refractivity contribution in [2.24, 2.45) is 5.92 Å². The summed E-state index contributed by atoms with van der Waals surface area (Å²) in [6.45, 7) is 5.84. The fraction of sp³-hybridized carbons (Fsp3) is 1.00. The molecule has 8 heavy (non-hydrogen) atoms. The molecule has 0 aromatic rings. The van der Waals surface area contributed by atoms with Gasteiger partial charge in [0.05, 0.1) is 0 Å². The molecule has 2 aliphatic rings. The van der Waals surface area contributed by atoms with Crippen molar-refractivity contribution in [3.63, 3.8) is 0 Å². The van der Waals surface area contributed by atoms with Gasteiger partial charge in [-0.1, -0.05) is 38.2 Å². The minimum absolute atomic E-state index is 1.11. The van der Waals surface area contributed by atoms with Crippen molar-refractivity contribution < 1.29 is 0 Å². The molecular weight excluding hydrogens is 94.9 g/mol. The fourth-order valence-electron chi connectivity index (χ4n) is 2.48. The second-order valence-electron chi connectivity index (χ2n) is 3.50. The molecule has 0 N–H and O–H groups in total. The van der Waals surface area contributed by atoms with E-state index in [2.05, 4.69) is 13.7 Å². The summed E-state index contributed by atoms with van der Waals surface area (Å²) in [6.07, 6.45) is 2.99. The average Bonchev–Trinajstić information content (AvgIpc) is 2.09. The predicted molar refractivity (Wildman–Crippen MR) is 37.5 cm³/mol. The monoisotopic (exact) mass is 108 g/mol. The van der Waals surface area contributed by atoms with Crippen LogP contribution >= 0.6 is 0 Å². The standard InChI is InChI=1S/C7H13B/c1-3-5-4-6-7(5)8(6)2/h5-7H,3-4H2,1-2H3. The van der Waals surface area contributed by atoms with Gasteiger partial charge in [0, 0.05) is 0 Å². The second kappa shape index (κ2) is 1.31. The molecule has 1 aliphatic carbocycles. The van der Waals surface area contributed by atoms with Crippen molar-refractivity contribution in [3.8, 4) is 0 Å². The molecule has 2 rings (SSSR count). The van der Waals surface area contributed by atoms with Gasteiger partial charge in [-0.3, -0.25) is 0 Å². The van der Waals surface area contributed by atoms with E-state index in [4.69, 9.17) is 0 Å². The molecule has 1 heterocycles. The third kappa shape index (κ3) is 0.386. The molecule has 44 valence electrons. The molecule has 1 heteroatoms. The van der Waals surface area contributed by atoms with Crippen LogP contribution in [0.1, 0.15) is 19.8 Å². The summed E-state index contributed by atoms with van der Waals surface area (Å²) in [6, 6.07) is 0. The average molecular weight is 108 g/mol. The Morgan fingerprint density at radius 2 is 2.38 bits per heavy atom. The lowest BCUT2D eigenvalue weighted by molar-refractivity contribution is 0.369. The van der Waals surface area contributed by atoms with Gasteiger partial charge in [0.25, 0.3) is 0 Å². The summed E-state index contributed by atoms with van der Waals surface area (Å²) in [4.78, 5) is 0. The van der Waals surface area contributed by atoms with Gasteiger partial charge in [0.1, 0.15) is 6.71 Å². The smallest absolute Gasteiger partial charge is 0.0857 e. The topological polar surface area (TPSA) is 0 Å². The number of fused-ring (bicyclic) bond motifs is 1. The van der Waals surface area contributed by atoms with E-state index in [0.29, 0.717) is 0 Å². The van der Waals surface area contributed by atoms with Crippen molar-refractivity contribution in [3.05, 3.63) is 0 Å². The highest BCUT2D eigenvalue weighted by Gasteiger charge is 2.60. The van der Waals surface area contributed by atoms with E-state index in [1.165, 1.54) is 18.1 Å². The second-order valence-corrected chi connectivity index (χ2v) is 3.50. The predicted octanol–water partition coefficient (Wildman–Crippen LogP) is 2.29. The summed E-state index contributed by atoms with van der Waals surface area (Å²) in [5, 5.41) is 0. The van der Waals surface area contributed by atoms with Crippen LogP contribution in [0.15, 0.2) is 0 Å². The summed E-state index contributed by atoms with van der Waals surface area (Å²) in [7, 11) is 0. The molecular formula is C7H13B. The first-order valence-corrected chi connectivity index (χ1v) is 3.84. The Kier molecular flexibility index (Phi) is 0.804. The zero-order chi connectivity index (χ0) is 5.72. The van der Waals surface area contributed by atoms with Crippen molar-refractivity contribution in [2.75, 3.05) is 0 Å².